The van der Waals surface area contributed by atoms with Crippen molar-refractivity contribution in [2.24, 2.45) is 5.92 Å². The number of nitrogens with two attached hydrogens (primary N) is 1. The smallest absolute Gasteiger partial charge is 0.376 e. The third-order valence-electron chi connectivity index (χ3n) is 9.27. The third kappa shape index (κ3) is 9.95. The van der Waals surface area contributed by atoms with Crippen LogP contribution in [0.5, 0.6) is 0 Å². The van der Waals surface area contributed by atoms with E-state index in [9.17, 15) is 28.6 Å². The number of ether oxygens (including phenoxy) is 4. The van der Waals surface area contributed by atoms with Gasteiger partial charge in [-0.3, -0.25) is 42.5 Å². The van der Waals surface area contributed by atoms with Gasteiger partial charge in [0.05, 0.1) is 31.2 Å². The second kappa shape index (κ2) is 18.0. The van der Waals surface area contributed by atoms with Crippen molar-refractivity contribution in [1.29, 1.82) is 0 Å². The fourth-order valence-electron chi connectivity index (χ4n) is 6.76. The van der Waals surface area contributed by atoms with Gasteiger partial charge in [-0.2, -0.15) is 4.98 Å². The van der Waals surface area contributed by atoms with E-state index in [0.717, 1.165) is 23.5 Å². The molecule has 306 valence electrons. The highest BCUT2D eigenvalue weighted by molar-refractivity contribution is 7.47. The molecule has 2 aliphatic heterocycles. The number of fused-ring (bicyclic) bond motifs is 1. The molecule has 2 saturated heterocycles. The van der Waals surface area contributed by atoms with Crippen LogP contribution in [0.25, 0.3) is 11.2 Å². The minimum Gasteiger partial charge on any atom is -0.376 e. The number of aromatic amines is 2. The topological polar surface area (TPSA) is 257 Å². The molecule has 20 nitrogen and oxygen atoms in total. The molecule has 55 heavy (non-hydrogen) atoms. The van der Waals surface area contributed by atoms with Crippen LogP contribution in [-0.4, -0.2) is 114 Å². The Morgan fingerprint density at radius 3 is 2.47 bits per heavy atom. The minimum atomic E-state index is -4.76. The SMILES string of the molecule is CCCCCN(C[C@H]1O[C@@H](n2ccc(=O)[nH]c2=O)[C@H](OC)[C@@H]1OP(=O)(O)OC(C)C)C(=O)C[C@H]1[C@@H](F)[C@H](n2cnc3c(=O)[nH]c(N)nc32)O[C@@H]1COC(C)C. The van der Waals surface area contributed by atoms with E-state index < -0.39 is 85.6 Å². The lowest BCUT2D eigenvalue weighted by atomic mass is 9.94. The van der Waals surface area contributed by atoms with Crippen molar-refractivity contribution in [1.82, 2.24) is 34.0 Å². The number of alkyl halides is 1. The number of imidazole rings is 1. The predicted octanol–water partition coefficient (Wildman–Crippen LogP) is 1.76. The van der Waals surface area contributed by atoms with Crippen LogP contribution in [0.3, 0.4) is 0 Å². The standard InChI is InChI=1S/C33H50FN8O12P/c1-7-8-9-11-40(14-20-26(54-55(47,48)53-18(4)5)27(49-6)31(51-20)41-12-10-22(43)37-33(41)46)23(44)13-19-21(15-50-17(2)3)52-30(24(19)34)42-16-36-25-28(42)38-32(35)39-29(25)45/h10,12,16-21,24,26-27,30-31H,7-9,11,13-15H2,1-6H3,(H,47,48)(H,37,43,46)(H3,35,38,39,45)/t19-,20-,21-,24-,26-,27-,30-,31-/m1/s1. The van der Waals surface area contributed by atoms with Gasteiger partial charge in [0, 0.05) is 44.8 Å². The summed E-state index contributed by atoms with van der Waals surface area (Å²) >= 11 is 0. The van der Waals surface area contributed by atoms with E-state index in [0.29, 0.717) is 6.42 Å². The summed E-state index contributed by atoms with van der Waals surface area (Å²) in [6.07, 6.45) is -5.87. The maximum Gasteiger partial charge on any atom is 0.472 e. The Hall–Kier alpha value is -3.82. The fourth-order valence-corrected chi connectivity index (χ4v) is 7.91. The molecule has 1 amide bonds. The first-order chi connectivity index (χ1) is 26.0. The Kier molecular flexibility index (Phi) is 13.8. The highest BCUT2D eigenvalue weighted by Gasteiger charge is 2.52. The van der Waals surface area contributed by atoms with Gasteiger partial charge in [-0.15, -0.1) is 0 Å². The van der Waals surface area contributed by atoms with Crippen molar-refractivity contribution >= 4 is 30.8 Å². The first kappa shape index (κ1) is 42.3. The number of aromatic nitrogens is 6. The van der Waals surface area contributed by atoms with Crippen molar-refractivity contribution in [3.63, 3.8) is 0 Å². The van der Waals surface area contributed by atoms with Gasteiger partial charge >= 0.3 is 13.5 Å². The van der Waals surface area contributed by atoms with Crippen LogP contribution in [0.1, 0.15) is 72.8 Å². The summed E-state index contributed by atoms with van der Waals surface area (Å²) in [7, 11) is -3.47. The van der Waals surface area contributed by atoms with Gasteiger partial charge in [0.25, 0.3) is 11.1 Å². The third-order valence-corrected chi connectivity index (χ3v) is 10.5. The van der Waals surface area contributed by atoms with Crippen LogP contribution < -0.4 is 22.5 Å². The molecule has 2 fully saturated rings. The molecule has 5 N–H and O–H groups in total. The van der Waals surface area contributed by atoms with Gasteiger partial charge in [-0.25, -0.2) is 18.7 Å². The van der Waals surface area contributed by atoms with Crippen molar-refractivity contribution in [3.8, 4) is 0 Å². The Labute approximate surface area is 315 Å². The molecule has 3 aromatic rings. The molecule has 22 heteroatoms. The largest absolute Gasteiger partial charge is 0.472 e. The molecule has 0 saturated carbocycles. The first-order valence-electron chi connectivity index (χ1n) is 18.1. The monoisotopic (exact) mass is 800 g/mol. The lowest BCUT2D eigenvalue weighted by Crippen LogP contribution is -2.45. The van der Waals surface area contributed by atoms with E-state index in [1.165, 1.54) is 42.9 Å². The average molecular weight is 801 g/mol. The van der Waals surface area contributed by atoms with E-state index in [-0.39, 0.29) is 49.3 Å². The number of nitrogen functional groups attached to an aromatic ring is 1. The zero-order valence-electron chi connectivity index (χ0n) is 31.5. The van der Waals surface area contributed by atoms with E-state index in [1.54, 1.807) is 13.8 Å². The summed E-state index contributed by atoms with van der Waals surface area (Å²) in [5.74, 6) is -1.74. The molecule has 5 rings (SSSR count). The van der Waals surface area contributed by atoms with Gasteiger partial charge in [-0.1, -0.05) is 19.8 Å². The summed E-state index contributed by atoms with van der Waals surface area (Å²) in [6, 6.07) is 1.10. The van der Waals surface area contributed by atoms with Crippen LogP contribution in [-0.2, 0) is 37.4 Å². The number of H-pyrrole nitrogens is 2. The van der Waals surface area contributed by atoms with Gasteiger partial charge in [0.15, 0.2) is 29.8 Å². The molecule has 9 atom stereocenters. The van der Waals surface area contributed by atoms with Crippen molar-refractivity contribution in [3.05, 3.63) is 49.8 Å². The number of hydrogen-bond donors (Lipinski definition) is 4. The fraction of sp³-hybridized carbons (Fsp3) is 0.697. The van der Waals surface area contributed by atoms with Crippen LogP contribution in [0.2, 0.25) is 0 Å². The number of hydrogen-bond acceptors (Lipinski definition) is 14. The Morgan fingerprint density at radius 2 is 1.82 bits per heavy atom. The van der Waals surface area contributed by atoms with E-state index in [1.807, 2.05) is 6.92 Å². The molecular weight excluding hydrogens is 750 g/mol. The van der Waals surface area contributed by atoms with Crippen LogP contribution >= 0.6 is 7.82 Å². The molecule has 0 bridgehead atoms. The van der Waals surface area contributed by atoms with Gasteiger partial charge in [-0.05, 0) is 34.1 Å². The van der Waals surface area contributed by atoms with E-state index in [4.69, 9.17) is 33.7 Å². The van der Waals surface area contributed by atoms with Gasteiger partial charge < -0.3 is 34.5 Å². The molecule has 0 aliphatic carbocycles. The maximum absolute atomic E-state index is 16.7. The summed E-state index contributed by atoms with van der Waals surface area (Å²) in [5.41, 5.74) is 3.58. The number of nitrogens with zero attached hydrogens (tertiary/aromatic N) is 5. The van der Waals surface area contributed by atoms with Crippen LogP contribution in [0, 0.1) is 5.92 Å². The average Bonchev–Trinajstić information content (AvgIpc) is 3.75. The molecule has 1 unspecified atom stereocenters. The normalized spacial score (nSPS) is 26.7. The minimum absolute atomic E-state index is 0.00138. The quantitative estimate of drug-likeness (QED) is 0.106. The molecule has 2 aliphatic rings. The van der Waals surface area contributed by atoms with Crippen LogP contribution in [0.4, 0.5) is 10.3 Å². The number of unbranched alkanes of at least 4 members (excludes halogenated alkanes) is 2. The number of rotatable bonds is 18. The number of phosphoric ester groups is 1. The number of amides is 1. The molecular formula is C33H50FN8O12P. The molecule has 0 spiro atoms. The zero-order chi connectivity index (χ0) is 40.2. The van der Waals surface area contributed by atoms with Gasteiger partial charge in [0.1, 0.15) is 18.3 Å². The van der Waals surface area contributed by atoms with E-state index >= 15 is 4.39 Å². The number of anilines is 1. The molecule has 3 aromatic heterocycles. The first-order valence-corrected chi connectivity index (χ1v) is 19.6. The highest BCUT2D eigenvalue weighted by atomic mass is 31.2. The number of carbonyl (C=O) groups is 1. The summed E-state index contributed by atoms with van der Waals surface area (Å²) in [4.78, 5) is 76.3. The van der Waals surface area contributed by atoms with Crippen LogP contribution in [0.15, 0.2) is 33.0 Å². The lowest BCUT2D eigenvalue weighted by molar-refractivity contribution is -0.136. The molecule has 0 radical (unpaired) electrons. The summed E-state index contributed by atoms with van der Waals surface area (Å²) < 4.78 is 66.8. The number of methoxy groups -OCH3 is 1. The van der Waals surface area contributed by atoms with Crippen molar-refractivity contribution in [2.75, 3.05) is 32.5 Å². The Morgan fingerprint density at radius 1 is 1.09 bits per heavy atom. The Balaban J connectivity index is 1.46. The predicted molar refractivity (Wildman–Crippen MR) is 194 cm³/mol. The number of nitrogens with one attached hydrogen (secondary N) is 2. The van der Waals surface area contributed by atoms with Crippen molar-refractivity contribution < 1.29 is 46.6 Å². The molecule has 0 aromatic carbocycles. The highest BCUT2D eigenvalue weighted by Crippen LogP contribution is 2.50. The number of carbonyl (C=O) groups excluding carboxylic acids is 1. The number of halogens is 1. The molecule has 5 heterocycles. The summed E-state index contributed by atoms with van der Waals surface area (Å²) in [5, 5.41) is 0. The Bertz CT molecular complexity index is 2000. The zero-order valence-corrected chi connectivity index (χ0v) is 32.4. The van der Waals surface area contributed by atoms with Gasteiger partial charge in [0.2, 0.25) is 11.9 Å². The maximum atomic E-state index is 16.7. The lowest BCUT2D eigenvalue weighted by Gasteiger charge is -2.31. The van der Waals surface area contributed by atoms with E-state index in [2.05, 4.69) is 19.9 Å². The number of phosphoric acid groups is 1. The second-order valence-electron chi connectivity index (χ2n) is 14.1. The second-order valence-corrected chi connectivity index (χ2v) is 15.4. The van der Waals surface area contributed by atoms with Crippen molar-refractivity contribution in [2.45, 2.75) is 116 Å². The summed E-state index contributed by atoms with van der Waals surface area (Å²) in [6.45, 7) is 8.57.